The third kappa shape index (κ3) is 4.31. The number of piperidine rings is 1. The molecule has 0 aromatic heterocycles. The molecule has 0 bridgehead atoms. The van der Waals surface area contributed by atoms with Gasteiger partial charge >= 0.3 is 0 Å². The van der Waals surface area contributed by atoms with Gasteiger partial charge in [0.2, 0.25) is 0 Å². The van der Waals surface area contributed by atoms with Crippen LogP contribution in [0.1, 0.15) is 50.7 Å². The van der Waals surface area contributed by atoms with Crippen molar-refractivity contribution in [1.82, 2.24) is 10.2 Å². The van der Waals surface area contributed by atoms with Gasteiger partial charge in [-0.3, -0.25) is 0 Å². The second kappa shape index (κ2) is 7.58. The van der Waals surface area contributed by atoms with E-state index in [0.29, 0.717) is 18.8 Å². The number of nitrogens with zero attached hydrogens (tertiary/aromatic N) is 1. The normalized spacial score (nSPS) is 25.6. The molecule has 1 aromatic carbocycles. The van der Waals surface area contributed by atoms with Crippen molar-refractivity contribution in [3.05, 3.63) is 35.4 Å². The first-order chi connectivity index (χ1) is 10.7. The first kappa shape index (κ1) is 16.0. The van der Waals surface area contributed by atoms with Gasteiger partial charge in [-0.25, -0.2) is 0 Å². The summed E-state index contributed by atoms with van der Waals surface area (Å²) in [6, 6.07) is 10.3. The molecule has 2 aliphatic heterocycles. The Kier molecular flexibility index (Phi) is 5.51. The molecule has 0 radical (unpaired) electrons. The summed E-state index contributed by atoms with van der Waals surface area (Å²) in [6.45, 7) is 8.47. The molecule has 0 amide bonds. The smallest absolute Gasteiger partial charge is 0.0720 e. The van der Waals surface area contributed by atoms with Crippen LogP contribution in [0.25, 0.3) is 0 Å². The summed E-state index contributed by atoms with van der Waals surface area (Å²) in [5.41, 5.74) is 2.65. The van der Waals surface area contributed by atoms with Crippen LogP contribution < -0.4 is 5.32 Å². The van der Waals surface area contributed by atoms with E-state index in [-0.39, 0.29) is 0 Å². The predicted molar refractivity (Wildman–Crippen MR) is 90.8 cm³/mol. The highest BCUT2D eigenvalue weighted by molar-refractivity contribution is 5.23. The molecular weight excluding hydrogens is 272 g/mol. The average Bonchev–Trinajstić information content (AvgIpc) is 2.99. The second-order valence-corrected chi connectivity index (χ2v) is 7.11. The summed E-state index contributed by atoms with van der Waals surface area (Å²) in [5.74, 6) is 0. The van der Waals surface area contributed by atoms with Crippen molar-refractivity contribution in [3.63, 3.8) is 0 Å². The van der Waals surface area contributed by atoms with Crippen molar-refractivity contribution < 1.29 is 4.74 Å². The molecule has 2 heterocycles. The molecule has 122 valence electrons. The zero-order valence-electron chi connectivity index (χ0n) is 14.1. The van der Waals surface area contributed by atoms with E-state index >= 15 is 0 Å². The summed E-state index contributed by atoms with van der Waals surface area (Å²) in [5, 5.41) is 3.78. The van der Waals surface area contributed by atoms with E-state index in [1.807, 2.05) is 0 Å². The third-order valence-electron chi connectivity index (χ3n) is 4.99. The monoisotopic (exact) mass is 302 g/mol. The van der Waals surface area contributed by atoms with Gasteiger partial charge in [-0.15, -0.1) is 0 Å². The Bertz CT molecular complexity index is 474. The van der Waals surface area contributed by atoms with Crippen molar-refractivity contribution >= 4 is 0 Å². The number of nitrogens with one attached hydrogen (secondary N) is 1. The van der Waals surface area contributed by atoms with Gasteiger partial charge in [-0.1, -0.05) is 24.3 Å². The number of rotatable bonds is 6. The Balaban J connectivity index is 1.47. The molecule has 3 heteroatoms. The quantitative estimate of drug-likeness (QED) is 0.872. The zero-order valence-corrected chi connectivity index (χ0v) is 14.1. The lowest BCUT2D eigenvalue weighted by Gasteiger charge is -2.35. The lowest BCUT2D eigenvalue weighted by Crippen LogP contribution is -2.45. The number of hydrogen-bond donors (Lipinski definition) is 1. The van der Waals surface area contributed by atoms with E-state index in [9.17, 15) is 0 Å². The molecule has 3 rings (SSSR count). The van der Waals surface area contributed by atoms with Gasteiger partial charge in [0.15, 0.2) is 0 Å². The maximum atomic E-state index is 5.70. The minimum absolute atomic E-state index is 0.290. The highest BCUT2D eigenvalue weighted by atomic mass is 16.5. The van der Waals surface area contributed by atoms with Crippen LogP contribution in [0.5, 0.6) is 0 Å². The van der Waals surface area contributed by atoms with E-state index in [2.05, 4.69) is 48.3 Å². The van der Waals surface area contributed by atoms with Crippen LogP contribution >= 0.6 is 0 Å². The van der Waals surface area contributed by atoms with Gasteiger partial charge in [0, 0.05) is 18.6 Å². The Morgan fingerprint density at radius 3 is 2.95 bits per heavy atom. The van der Waals surface area contributed by atoms with Gasteiger partial charge in [0.05, 0.1) is 12.7 Å². The number of hydrogen-bond acceptors (Lipinski definition) is 3. The highest BCUT2D eigenvalue weighted by Crippen LogP contribution is 2.27. The third-order valence-corrected chi connectivity index (χ3v) is 4.99. The Morgan fingerprint density at radius 1 is 1.23 bits per heavy atom. The van der Waals surface area contributed by atoms with E-state index in [4.69, 9.17) is 4.74 Å². The van der Waals surface area contributed by atoms with Gasteiger partial charge < -0.3 is 15.0 Å². The second-order valence-electron chi connectivity index (χ2n) is 7.11. The van der Waals surface area contributed by atoms with Crippen LogP contribution in [0.15, 0.2) is 24.3 Å². The SMILES string of the molecule is CC(C)OCc1cccc(CNC2CCN3CCCC3C2)c1. The maximum absolute atomic E-state index is 5.70. The standard InChI is InChI=1S/C19H30N2O/c1-15(2)22-14-17-6-3-5-16(11-17)13-20-18-8-10-21-9-4-7-19(21)12-18/h3,5-6,11,15,18-20H,4,7-10,12-14H2,1-2H3. The zero-order chi connectivity index (χ0) is 15.4. The fourth-order valence-corrected chi connectivity index (χ4v) is 3.76. The summed E-state index contributed by atoms with van der Waals surface area (Å²) < 4.78 is 5.70. The summed E-state index contributed by atoms with van der Waals surface area (Å²) in [6.07, 6.45) is 5.72. The van der Waals surface area contributed by atoms with E-state index < -0.39 is 0 Å². The molecule has 3 nitrogen and oxygen atoms in total. The molecule has 0 aliphatic carbocycles. The molecular formula is C19H30N2O. The van der Waals surface area contributed by atoms with Crippen molar-refractivity contribution in [2.45, 2.75) is 70.9 Å². The van der Waals surface area contributed by atoms with E-state index in [1.165, 1.54) is 49.9 Å². The molecule has 1 aromatic rings. The van der Waals surface area contributed by atoms with Crippen LogP contribution in [0.3, 0.4) is 0 Å². The van der Waals surface area contributed by atoms with Gasteiger partial charge in [0.25, 0.3) is 0 Å². The van der Waals surface area contributed by atoms with Gasteiger partial charge in [-0.2, -0.15) is 0 Å². The minimum Gasteiger partial charge on any atom is -0.374 e. The highest BCUT2D eigenvalue weighted by Gasteiger charge is 2.31. The molecule has 2 fully saturated rings. The number of benzene rings is 1. The molecule has 1 N–H and O–H groups in total. The lowest BCUT2D eigenvalue weighted by atomic mass is 9.97. The molecule has 22 heavy (non-hydrogen) atoms. The van der Waals surface area contributed by atoms with Crippen molar-refractivity contribution in [3.8, 4) is 0 Å². The Hall–Kier alpha value is -0.900. The predicted octanol–water partition coefficient (Wildman–Crippen LogP) is 3.33. The summed E-state index contributed by atoms with van der Waals surface area (Å²) >= 11 is 0. The summed E-state index contributed by atoms with van der Waals surface area (Å²) in [7, 11) is 0. The molecule has 0 saturated carbocycles. The molecule has 0 spiro atoms. The van der Waals surface area contributed by atoms with Crippen LogP contribution in [0, 0.1) is 0 Å². The topological polar surface area (TPSA) is 24.5 Å². The first-order valence-electron chi connectivity index (χ1n) is 8.87. The maximum Gasteiger partial charge on any atom is 0.0720 e. The van der Waals surface area contributed by atoms with Crippen molar-refractivity contribution in [2.24, 2.45) is 0 Å². The van der Waals surface area contributed by atoms with Crippen molar-refractivity contribution in [1.29, 1.82) is 0 Å². The van der Waals surface area contributed by atoms with Gasteiger partial charge in [-0.05, 0) is 63.7 Å². The molecule has 2 saturated heterocycles. The lowest BCUT2D eigenvalue weighted by molar-refractivity contribution is 0.0656. The fourth-order valence-electron chi connectivity index (χ4n) is 3.76. The molecule has 2 unspecified atom stereocenters. The fraction of sp³-hybridized carbons (Fsp3) is 0.684. The van der Waals surface area contributed by atoms with Crippen LogP contribution in [0.2, 0.25) is 0 Å². The molecule has 2 atom stereocenters. The average molecular weight is 302 g/mol. The largest absolute Gasteiger partial charge is 0.374 e. The minimum atomic E-state index is 0.290. The summed E-state index contributed by atoms with van der Waals surface area (Å²) in [4.78, 5) is 2.68. The van der Waals surface area contributed by atoms with Gasteiger partial charge in [0.1, 0.15) is 0 Å². The van der Waals surface area contributed by atoms with Crippen LogP contribution in [-0.2, 0) is 17.9 Å². The van der Waals surface area contributed by atoms with Crippen LogP contribution in [0.4, 0.5) is 0 Å². The number of ether oxygens (including phenoxy) is 1. The van der Waals surface area contributed by atoms with Crippen LogP contribution in [-0.4, -0.2) is 36.2 Å². The Labute approximate surface area is 135 Å². The first-order valence-corrected chi connectivity index (χ1v) is 8.87. The van der Waals surface area contributed by atoms with E-state index in [0.717, 1.165) is 12.6 Å². The van der Waals surface area contributed by atoms with E-state index in [1.54, 1.807) is 0 Å². The van der Waals surface area contributed by atoms with Crippen molar-refractivity contribution in [2.75, 3.05) is 13.1 Å². The molecule has 2 aliphatic rings. The number of fused-ring (bicyclic) bond motifs is 1. The Morgan fingerprint density at radius 2 is 2.09 bits per heavy atom.